The zero-order valence-corrected chi connectivity index (χ0v) is 12.3. The predicted molar refractivity (Wildman–Crippen MR) is 82.2 cm³/mol. The molecule has 0 N–H and O–H groups in total. The van der Waals surface area contributed by atoms with E-state index in [-0.39, 0.29) is 0 Å². The van der Waals surface area contributed by atoms with Crippen LogP contribution >= 0.6 is 0 Å². The minimum absolute atomic E-state index is 0.876. The molecule has 104 valence electrons. The third-order valence-corrected chi connectivity index (χ3v) is 3.98. The summed E-state index contributed by atoms with van der Waals surface area (Å²) in [6.07, 6.45) is 3.16. The van der Waals surface area contributed by atoms with Crippen LogP contribution in [0.3, 0.4) is 0 Å². The summed E-state index contributed by atoms with van der Waals surface area (Å²) in [5, 5.41) is 0. The van der Waals surface area contributed by atoms with Crippen LogP contribution in [-0.4, -0.2) is 23.1 Å². The average molecular weight is 267 g/mol. The Bertz CT molecular complexity index is 580. The van der Waals surface area contributed by atoms with Gasteiger partial charge in [-0.05, 0) is 37.3 Å². The van der Waals surface area contributed by atoms with Gasteiger partial charge in [-0.1, -0.05) is 31.2 Å². The van der Waals surface area contributed by atoms with Gasteiger partial charge < -0.3 is 4.90 Å². The Hall–Kier alpha value is -1.90. The molecule has 1 aliphatic heterocycles. The molecule has 0 atom stereocenters. The van der Waals surface area contributed by atoms with E-state index in [1.165, 1.54) is 11.1 Å². The number of anilines is 1. The summed E-state index contributed by atoms with van der Waals surface area (Å²) in [4.78, 5) is 11.5. The first kappa shape index (κ1) is 13.1. The molecule has 1 aromatic heterocycles. The highest BCUT2D eigenvalue weighted by Crippen LogP contribution is 2.20. The molecule has 0 saturated carbocycles. The van der Waals surface area contributed by atoms with E-state index in [0.29, 0.717) is 0 Å². The van der Waals surface area contributed by atoms with Gasteiger partial charge in [0.05, 0.1) is 0 Å². The van der Waals surface area contributed by atoms with E-state index in [9.17, 15) is 0 Å². The summed E-state index contributed by atoms with van der Waals surface area (Å²) >= 11 is 0. The molecule has 0 fully saturated rings. The van der Waals surface area contributed by atoms with E-state index in [2.05, 4.69) is 52.1 Å². The van der Waals surface area contributed by atoms with Gasteiger partial charge in [0.15, 0.2) is 0 Å². The highest BCUT2D eigenvalue weighted by Gasteiger charge is 2.15. The average Bonchev–Trinajstić information content (AvgIpc) is 2.69. The minimum Gasteiger partial charge on any atom is -0.356 e. The smallest absolute Gasteiger partial charge is 0.132 e. The number of nitrogens with zero attached hydrogens (tertiary/aromatic N) is 3. The van der Waals surface area contributed by atoms with Crippen LogP contribution in [0.5, 0.6) is 0 Å². The van der Waals surface area contributed by atoms with Crippen LogP contribution in [0.1, 0.15) is 29.6 Å². The Labute approximate surface area is 120 Å². The van der Waals surface area contributed by atoms with Gasteiger partial charge in [-0.25, -0.2) is 9.97 Å². The van der Waals surface area contributed by atoms with E-state index in [4.69, 9.17) is 0 Å². The van der Waals surface area contributed by atoms with E-state index in [1.54, 1.807) is 0 Å². The van der Waals surface area contributed by atoms with Crippen molar-refractivity contribution in [3.63, 3.8) is 0 Å². The number of benzene rings is 1. The maximum absolute atomic E-state index is 4.62. The molecular formula is C17H21N3. The van der Waals surface area contributed by atoms with Gasteiger partial charge in [-0.2, -0.15) is 0 Å². The summed E-state index contributed by atoms with van der Waals surface area (Å²) in [6, 6.07) is 10.9. The molecule has 0 unspecified atom stereocenters. The van der Waals surface area contributed by atoms with Crippen LogP contribution in [0, 0.1) is 6.92 Å². The van der Waals surface area contributed by atoms with Crippen molar-refractivity contribution in [2.24, 2.45) is 0 Å². The van der Waals surface area contributed by atoms with Crippen molar-refractivity contribution in [3.05, 3.63) is 53.0 Å². The van der Waals surface area contributed by atoms with Gasteiger partial charge >= 0.3 is 0 Å². The summed E-state index contributed by atoms with van der Waals surface area (Å²) < 4.78 is 0. The van der Waals surface area contributed by atoms with E-state index >= 15 is 0 Å². The molecule has 0 spiro atoms. The van der Waals surface area contributed by atoms with Crippen molar-refractivity contribution < 1.29 is 0 Å². The molecule has 20 heavy (non-hydrogen) atoms. The lowest BCUT2D eigenvalue weighted by Crippen LogP contribution is -2.27. The maximum Gasteiger partial charge on any atom is 0.132 e. The third-order valence-electron chi connectivity index (χ3n) is 3.98. The van der Waals surface area contributed by atoms with Gasteiger partial charge in [-0.15, -0.1) is 0 Å². The van der Waals surface area contributed by atoms with Crippen molar-refractivity contribution in [2.45, 2.75) is 33.1 Å². The Morgan fingerprint density at radius 3 is 2.30 bits per heavy atom. The Kier molecular flexibility index (Phi) is 3.68. The van der Waals surface area contributed by atoms with Gasteiger partial charge in [0.2, 0.25) is 0 Å². The lowest BCUT2D eigenvalue weighted by atomic mass is 10.0. The highest BCUT2D eigenvalue weighted by atomic mass is 15.2. The van der Waals surface area contributed by atoms with E-state index in [0.717, 1.165) is 49.7 Å². The molecule has 0 radical (unpaired) electrons. The monoisotopic (exact) mass is 267 g/mol. The van der Waals surface area contributed by atoms with Crippen LogP contribution in [0.2, 0.25) is 0 Å². The van der Waals surface area contributed by atoms with E-state index in [1.807, 2.05) is 6.92 Å². The van der Waals surface area contributed by atoms with Crippen molar-refractivity contribution in [1.82, 2.24) is 9.97 Å². The van der Waals surface area contributed by atoms with Crippen LogP contribution in [0.15, 0.2) is 30.3 Å². The van der Waals surface area contributed by atoms with Crippen LogP contribution in [0.4, 0.5) is 5.82 Å². The lowest BCUT2D eigenvalue weighted by Gasteiger charge is -2.22. The van der Waals surface area contributed by atoms with Gasteiger partial charge in [0.1, 0.15) is 11.6 Å². The molecule has 0 saturated heterocycles. The predicted octanol–water partition coefficient (Wildman–Crippen LogP) is 2.95. The Morgan fingerprint density at radius 1 is 1.05 bits per heavy atom. The summed E-state index contributed by atoms with van der Waals surface area (Å²) in [7, 11) is 0. The first-order chi connectivity index (χ1) is 9.76. The van der Waals surface area contributed by atoms with Gasteiger partial charge in [0, 0.05) is 24.8 Å². The van der Waals surface area contributed by atoms with E-state index < -0.39 is 0 Å². The summed E-state index contributed by atoms with van der Waals surface area (Å²) in [5.41, 5.74) is 4.10. The molecule has 0 bridgehead atoms. The SMILES string of the molecule is CCc1cc(N2CCc3ccccc3CC2)nc(C)n1. The zero-order chi connectivity index (χ0) is 13.9. The number of fused-ring (bicyclic) bond motifs is 1. The molecule has 3 heteroatoms. The van der Waals surface area contributed by atoms with Crippen LogP contribution in [-0.2, 0) is 19.3 Å². The van der Waals surface area contributed by atoms with Crippen molar-refractivity contribution in [2.75, 3.05) is 18.0 Å². The standard InChI is InChI=1S/C17H21N3/c1-3-16-12-17(19-13(2)18-16)20-10-8-14-6-4-5-7-15(14)9-11-20/h4-7,12H,3,8-11H2,1-2H3. The molecule has 0 aliphatic carbocycles. The molecule has 1 aromatic carbocycles. The fraction of sp³-hybridized carbons (Fsp3) is 0.412. The van der Waals surface area contributed by atoms with Crippen molar-refractivity contribution in [3.8, 4) is 0 Å². The largest absolute Gasteiger partial charge is 0.356 e. The molecule has 2 heterocycles. The first-order valence-electron chi connectivity index (χ1n) is 7.42. The molecule has 3 nitrogen and oxygen atoms in total. The van der Waals surface area contributed by atoms with Crippen molar-refractivity contribution in [1.29, 1.82) is 0 Å². The molecule has 3 rings (SSSR count). The number of aryl methyl sites for hydroxylation is 2. The second-order valence-electron chi connectivity index (χ2n) is 5.37. The summed E-state index contributed by atoms with van der Waals surface area (Å²) in [5.74, 6) is 1.96. The quantitative estimate of drug-likeness (QED) is 0.837. The second-order valence-corrected chi connectivity index (χ2v) is 5.37. The highest BCUT2D eigenvalue weighted by molar-refractivity contribution is 5.42. The number of aromatic nitrogens is 2. The molecular weight excluding hydrogens is 246 g/mol. The molecule has 1 aliphatic rings. The van der Waals surface area contributed by atoms with Gasteiger partial charge in [-0.3, -0.25) is 0 Å². The summed E-state index contributed by atoms with van der Waals surface area (Å²) in [6.45, 7) is 6.20. The first-order valence-corrected chi connectivity index (χ1v) is 7.42. The fourth-order valence-corrected chi connectivity index (χ4v) is 2.85. The zero-order valence-electron chi connectivity index (χ0n) is 12.3. The van der Waals surface area contributed by atoms with Crippen LogP contribution < -0.4 is 4.90 Å². The number of rotatable bonds is 2. The van der Waals surface area contributed by atoms with Crippen molar-refractivity contribution >= 4 is 5.82 Å². The fourth-order valence-electron chi connectivity index (χ4n) is 2.85. The normalized spacial score (nSPS) is 14.8. The maximum atomic E-state index is 4.62. The Morgan fingerprint density at radius 2 is 1.70 bits per heavy atom. The number of hydrogen-bond acceptors (Lipinski definition) is 3. The number of hydrogen-bond donors (Lipinski definition) is 0. The van der Waals surface area contributed by atoms with Crippen LogP contribution in [0.25, 0.3) is 0 Å². The second kappa shape index (κ2) is 5.61. The molecule has 0 amide bonds. The molecule has 2 aromatic rings. The lowest BCUT2D eigenvalue weighted by molar-refractivity contribution is 0.778. The third kappa shape index (κ3) is 2.67. The topological polar surface area (TPSA) is 29.0 Å². The Balaban J connectivity index is 1.85. The minimum atomic E-state index is 0.876. The van der Waals surface area contributed by atoms with Gasteiger partial charge in [0.25, 0.3) is 0 Å².